The van der Waals surface area contributed by atoms with E-state index >= 15 is 0 Å². The summed E-state index contributed by atoms with van der Waals surface area (Å²) in [6, 6.07) is 2.94. The van der Waals surface area contributed by atoms with Gasteiger partial charge in [0.05, 0.1) is 0 Å². The molecular formula is C10H15ClN2O3S. The summed E-state index contributed by atoms with van der Waals surface area (Å²) in [5.74, 6) is 0.0882. The van der Waals surface area contributed by atoms with Crippen LogP contribution in [-0.2, 0) is 14.8 Å². The highest BCUT2D eigenvalue weighted by molar-refractivity contribution is 7.89. The van der Waals surface area contributed by atoms with Gasteiger partial charge in [0.1, 0.15) is 10.0 Å². The number of aromatic nitrogens is 1. The van der Waals surface area contributed by atoms with Gasteiger partial charge >= 0.3 is 0 Å². The molecular weight excluding hydrogens is 264 g/mol. The zero-order chi connectivity index (χ0) is 12.9. The fraction of sp³-hybridized carbons (Fsp3) is 0.500. The summed E-state index contributed by atoms with van der Waals surface area (Å²) < 4.78 is 31.2. The Labute approximate surface area is 106 Å². The predicted molar refractivity (Wildman–Crippen MR) is 65.5 cm³/mol. The van der Waals surface area contributed by atoms with Crippen molar-refractivity contribution >= 4 is 21.6 Å². The van der Waals surface area contributed by atoms with Crippen LogP contribution in [-0.4, -0.2) is 33.7 Å². The Hall–Kier alpha value is -0.690. The number of hydrogen-bond acceptors (Lipinski definition) is 4. The highest BCUT2D eigenvalue weighted by atomic mass is 35.5. The van der Waals surface area contributed by atoms with E-state index in [2.05, 4.69) is 9.71 Å². The van der Waals surface area contributed by atoms with Crippen molar-refractivity contribution in [2.45, 2.75) is 11.8 Å². The van der Waals surface area contributed by atoms with Crippen LogP contribution in [0.25, 0.3) is 0 Å². The van der Waals surface area contributed by atoms with Gasteiger partial charge in [0.15, 0.2) is 0 Å². The highest BCUT2D eigenvalue weighted by Gasteiger charge is 2.18. The quantitative estimate of drug-likeness (QED) is 0.797. The molecule has 96 valence electrons. The Kier molecular flexibility index (Phi) is 5.32. The van der Waals surface area contributed by atoms with Gasteiger partial charge in [-0.3, -0.25) is 0 Å². The largest absolute Gasteiger partial charge is 0.384 e. The molecule has 0 aliphatic heterocycles. The van der Waals surface area contributed by atoms with E-state index in [0.717, 1.165) is 0 Å². The summed E-state index contributed by atoms with van der Waals surface area (Å²) in [4.78, 5) is 3.72. The van der Waals surface area contributed by atoms with Crippen molar-refractivity contribution in [3.8, 4) is 0 Å². The molecule has 1 N–H and O–H groups in total. The van der Waals surface area contributed by atoms with Crippen molar-refractivity contribution in [2.75, 3.05) is 20.3 Å². The van der Waals surface area contributed by atoms with E-state index < -0.39 is 10.0 Å². The summed E-state index contributed by atoms with van der Waals surface area (Å²) in [5, 5.41) is -0.0283. The molecule has 1 unspecified atom stereocenters. The lowest BCUT2D eigenvalue weighted by Gasteiger charge is -2.12. The minimum absolute atomic E-state index is 0.00807. The Morgan fingerprint density at radius 3 is 2.88 bits per heavy atom. The summed E-state index contributed by atoms with van der Waals surface area (Å²) in [7, 11) is -2.03. The first kappa shape index (κ1) is 14.4. The maximum Gasteiger partial charge on any atom is 0.243 e. The van der Waals surface area contributed by atoms with Gasteiger partial charge in [0.25, 0.3) is 0 Å². The zero-order valence-electron chi connectivity index (χ0n) is 9.68. The number of methoxy groups -OCH3 is 1. The molecule has 0 bridgehead atoms. The van der Waals surface area contributed by atoms with Crippen LogP contribution in [0.2, 0.25) is 5.15 Å². The van der Waals surface area contributed by atoms with Gasteiger partial charge in [-0.05, 0) is 18.1 Å². The van der Waals surface area contributed by atoms with Gasteiger partial charge < -0.3 is 4.74 Å². The lowest BCUT2D eigenvalue weighted by atomic mass is 10.2. The number of rotatable bonds is 6. The van der Waals surface area contributed by atoms with Gasteiger partial charge in [-0.2, -0.15) is 0 Å². The van der Waals surface area contributed by atoms with Crippen LogP contribution >= 0.6 is 11.6 Å². The molecule has 0 amide bonds. The SMILES string of the molecule is COCC(C)CNS(=O)(=O)c1cccnc1Cl. The van der Waals surface area contributed by atoms with E-state index in [1.807, 2.05) is 6.92 Å². The average molecular weight is 279 g/mol. The van der Waals surface area contributed by atoms with Crippen molar-refractivity contribution in [3.63, 3.8) is 0 Å². The van der Waals surface area contributed by atoms with E-state index in [0.29, 0.717) is 13.2 Å². The second kappa shape index (κ2) is 6.30. The summed E-state index contributed by atoms with van der Waals surface area (Å²) in [6.45, 7) is 2.67. The first-order valence-electron chi connectivity index (χ1n) is 5.06. The molecule has 0 saturated heterocycles. The second-order valence-corrected chi connectivity index (χ2v) is 5.80. The van der Waals surface area contributed by atoms with E-state index in [1.165, 1.54) is 18.3 Å². The Bertz CT molecular complexity index is 464. The van der Waals surface area contributed by atoms with Crippen LogP contribution in [0, 0.1) is 5.92 Å². The molecule has 5 nitrogen and oxygen atoms in total. The molecule has 7 heteroatoms. The van der Waals surface area contributed by atoms with Crippen LogP contribution in [0.4, 0.5) is 0 Å². The van der Waals surface area contributed by atoms with Gasteiger partial charge in [-0.1, -0.05) is 18.5 Å². The molecule has 0 radical (unpaired) electrons. The lowest BCUT2D eigenvalue weighted by Crippen LogP contribution is -2.30. The van der Waals surface area contributed by atoms with Gasteiger partial charge in [0, 0.05) is 26.5 Å². The standard InChI is InChI=1S/C10H15ClN2O3S/c1-8(7-16-2)6-13-17(14,15)9-4-3-5-12-10(9)11/h3-5,8,13H,6-7H2,1-2H3. The highest BCUT2D eigenvalue weighted by Crippen LogP contribution is 2.17. The number of halogens is 1. The van der Waals surface area contributed by atoms with Crippen molar-refractivity contribution in [1.29, 1.82) is 0 Å². The molecule has 0 aliphatic carbocycles. The van der Waals surface area contributed by atoms with E-state index in [1.54, 1.807) is 7.11 Å². The Balaban J connectivity index is 2.73. The first-order chi connectivity index (χ1) is 7.97. The second-order valence-electron chi connectivity index (χ2n) is 3.70. The predicted octanol–water partition coefficient (Wildman–Crippen LogP) is 1.30. The van der Waals surface area contributed by atoms with E-state index in [-0.39, 0.29) is 16.0 Å². The van der Waals surface area contributed by atoms with Crippen LogP contribution in [0.15, 0.2) is 23.2 Å². The monoisotopic (exact) mass is 278 g/mol. The fourth-order valence-electron chi connectivity index (χ4n) is 1.24. The third-order valence-electron chi connectivity index (χ3n) is 2.09. The van der Waals surface area contributed by atoms with E-state index in [4.69, 9.17) is 16.3 Å². The van der Waals surface area contributed by atoms with Crippen molar-refractivity contribution in [1.82, 2.24) is 9.71 Å². The third-order valence-corrected chi connectivity index (χ3v) is 3.96. The van der Waals surface area contributed by atoms with Crippen LogP contribution in [0.3, 0.4) is 0 Å². The number of nitrogens with one attached hydrogen (secondary N) is 1. The molecule has 0 saturated carbocycles. The van der Waals surface area contributed by atoms with Crippen LogP contribution in [0.5, 0.6) is 0 Å². The molecule has 1 heterocycles. The lowest BCUT2D eigenvalue weighted by molar-refractivity contribution is 0.161. The number of ether oxygens (including phenoxy) is 1. The summed E-state index contributed by atoms with van der Waals surface area (Å²) >= 11 is 5.73. The molecule has 0 aliphatic rings. The minimum Gasteiger partial charge on any atom is -0.384 e. The first-order valence-corrected chi connectivity index (χ1v) is 6.92. The van der Waals surface area contributed by atoms with Crippen molar-refractivity contribution < 1.29 is 13.2 Å². The smallest absolute Gasteiger partial charge is 0.243 e. The maximum atomic E-state index is 11.9. The van der Waals surface area contributed by atoms with Crippen molar-refractivity contribution in [3.05, 3.63) is 23.5 Å². The number of sulfonamides is 1. The number of pyridine rings is 1. The van der Waals surface area contributed by atoms with Crippen LogP contribution < -0.4 is 4.72 Å². The number of nitrogens with zero attached hydrogens (tertiary/aromatic N) is 1. The topological polar surface area (TPSA) is 68.3 Å². The maximum absolute atomic E-state index is 11.9. The fourth-order valence-corrected chi connectivity index (χ4v) is 2.86. The molecule has 0 aromatic carbocycles. The average Bonchev–Trinajstić information content (AvgIpc) is 2.27. The zero-order valence-corrected chi connectivity index (χ0v) is 11.3. The van der Waals surface area contributed by atoms with Gasteiger partial charge in [-0.15, -0.1) is 0 Å². The minimum atomic E-state index is -3.60. The molecule has 0 spiro atoms. The normalized spacial score (nSPS) is 13.6. The molecule has 0 fully saturated rings. The van der Waals surface area contributed by atoms with Crippen molar-refractivity contribution in [2.24, 2.45) is 5.92 Å². The summed E-state index contributed by atoms with van der Waals surface area (Å²) in [5.41, 5.74) is 0. The molecule has 1 aromatic rings. The summed E-state index contributed by atoms with van der Waals surface area (Å²) in [6.07, 6.45) is 1.44. The molecule has 17 heavy (non-hydrogen) atoms. The molecule has 1 rings (SSSR count). The van der Waals surface area contributed by atoms with Crippen LogP contribution in [0.1, 0.15) is 6.92 Å². The molecule has 1 aromatic heterocycles. The molecule has 1 atom stereocenters. The Morgan fingerprint density at radius 1 is 1.59 bits per heavy atom. The Morgan fingerprint density at radius 2 is 2.29 bits per heavy atom. The third kappa shape index (κ3) is 4.23. The van der Waals surface area contributed by atoms with Gasteiger partial charge in [0.2, 0.25) is 10.0 Å². The van der Waals surface area contributed by atoms with E-state index in [9.17, 15) is 8.42 Å². The number of hydrogen-bond donors (Lipinski definition) is 1. The van der Waals surface area contributed by atoms with Gasteiger partial charge in [-0.25, -0.2) is 18.1 Å².